The quantitative estimate of drug-likeness (QED) is 0.109. The molecule has 9 heteroatoms. The van der Waals surface area contributed by atoms with Gasteiger partial charge in [-0.2, -0.15) is 0 Å². The van der Waals surface area contributed by atoms with Crippen molar-refractivity contribution in [3.05, 3.63) is 104 Å². The second-order valence-electron chi connectivity index (χ2n) is 9.09. The van der Waals surface area contributed by atoms with Crippen LogP contribution in [0.4, 0.5) is 10.7 Å². The van der Waals surface area contributed by atoms with Gasteiger partial charge in [0.1, 0.15) is 16.5 Å². The summed E-state index contributed by atoms with van der Waals surface area (Å²) in [4.78, 5) is 32.1. The van der Waals surface area contributed by atoms with Crippen molar-refractivity contribution in [2.24, 2.45) is 4.99 Å². The number of nitrogens with zero attached hydrogens (tertiary/aromatic N) is 3. The van der Waals surface area contributed by atoms with Crippen LogP contribution in [0.5, 0.6) is 0 Å². The van der Waals surface area contributed by atoms with Gasteiger partial charge >= 0.3 is 5.97 Å². The van der Waals surface area contributed by atoms with Crippen LogP contribution in [-0.4, -0.2) is 35.2 Å². The molecule has 0 unspecified atom stereocenters. The summed E-state index contributed by atoms with van der Waals surface area (Å²) in [5.74, 6) is 0.441. The maximum absolute atomic E-state index is 12.9. The highest BCUT2D eigenvalue weighted by atomic mass is 32.1. The van der Waals surface area contributed by atoms with E-state index in [0.29, 0.717) is 27.6 Å². The molecule has 0 saturated heterocycles. The fraction of sp³-hybridized carbons (Fsp3) is 0.241. The average Bonchev–Trinajstić information content (AvgIpc) is 3.52. The zero-order chi connectivity index (χ0) is 26.6. The smallest absolute Gasteiger partial charge is 0.341 e. The molecule has 1 aliphatic heterocycles. The van der Waals surface area contributed by atoms with Crippen LogP contribution in [0.1, 0.15) is 44.6 Å². The largest absolute Gasteiger partial charge is 0.462 e. The van der Waals surface area contributed by atoms with Crippen LogP contribution < -0.4 is 0 Å². The molecule has 1 aliphatic rings. The summed E-state index contributed by atoms with van der Waals surface area (Å²) in [6, 6.07) is 18.7. The zero-order valence-electron chi connectivity index (χ0n) is 21.2. The Bertz CT molecular complexity index is 1510. The standard InChI is InChI=1S/C29H27N3O5S/c1-3-36-29(33)27-23-13-14-31(17-20-7-5-4-6-8-20)18-26(23)38-28(27)30-16-21-10-12-25(37-21)22-11-9-19(2)15-24(22)32(34)35/h4-12,15-16H,3,13-14,17-18H2,1-2H3. The Morgan fingerprint density at radius 2 is 2.03 bits per heavy atom. The van der Waals surface area contributed by atoms with Gasteiger partial charge in [0.15, 0.2) is 0 Å². The molecule has 0 spiro atoms. The molecule has 0 saturated carbocycles. The van der Waals surface area contributed by atoms with E-state index in [0.717, 1.165) is 42.1 Å². The van der Waals surface area contributed by atoms with Crippen molar-refractivity contribution in [2.45, 2.75) is 33.4 Å². The number of hydrogen-bond acceptors (Lipinski definition) is 8. The number of ether oxygens (including phenoxy) is 1. The monoisotopic (exact) mass is 529 g/mol. The number of fused-ring (bicyclic) bond motifs is 1. The molecular weight excluding hydrogens is 502 g/mol. The number of aliphatic imine (C=N–C) groups is 1. The first kappa shape index (κ1) is 25.6. The molecule has 194 valence electrons. The molecule has 2 aromatic heterocycles. The number of nitro benzene ring substituents is 1. The van der Waals surface area contributed by atoms with Crippen LogP contribution in [0.2, 0.25) is 0 Å². The topological polar surface area (TPSA) is 98.2 Å². The highest BCUT2D eigenvalue weighted by Gasteiger charge is 2.29. The normalized spacial score (nSPS) is 13.5. The third kappa shape index (κ3) is 5.44. The SMILES string of the molecule is CCOC(=O)c1c(N=Cc2ccc(-c3ccc(C)cc3[N+](=O)[O-])o2)sc2c1CCN(Cc1ccccc1)C2. The van der Waals surface area contributed by atoms with Gasteiger partial charge in [-0.3, -0.25) is 15.0 Å². The third-order valence-corrected chi connectivity index (χ3v) is 7.52. The van der Waals surface area contributed by atoms with Gasteiger partial charge in [-0.15, -0.1) is 11.3 Å². The van der Waals surface area contributed by atoms with Crippen LogP contribution >= 0.6 is 11.3 Å². The van der Waals surface area contributed by atoms with Gasteiger partial charge in [-0.1, -0.05) is 36.4 Å². The second-order valence-corrected chi connectivity index (χ2v) is 10.2. The first-order valence-electron chi connectivity index (χ1n) is 12.4. The third-order valence-electron chi connectivity index (χ3n) is 6.40. The molecule has 4 aromatic rings. The maximum atomic E-state index is 12.9. The fourth-order valence-electron chi connectivity index (χ4n) is 4.61. The lowest BCUT2D eigenvalue weighted by Crippen LogP contribution is -2.29. The zero-order valence-corrected chi connectivity index (χ0v) is 22.0. The first-order valence-corrected chi connectivity index (χ1v) is 13.2. The van der Waals surface area contributed by atoms with Crippen molar-refractivity contribution in [3.63, 3.8) is 0 Å². The number of esters is 1. The van der Waals surface area contributed by atoms with Crippen molar-refractivity contribution >= 4 is 34.2 Å². The molecule has 0 N–H and O–H groups in total. The predicted octanol–water partition coefficient (Wildman–Crippen LogP) is 6.71. The molecule has 0 atom stereocenters. The number of hydrogen-bond donors (Lipinski definition) is 0. The Labute approximate surface area is 224 Å². The van der Waals surface area contributed by atoms with E-state index in [1.807, 2.05) is 24.3 Å². The second kappa shape index (κ2) is 11.1. The Morgan fingerprint density at radius 3 is 2.79 bits per heavy atom. The van der Waals surface area contributed by atoms with Crippen molar-refractivity contribution < 1.29 is 18.9 Å². The molecular formula is C29H27N3O5S. The molecule has 0 radical (unpaired) electrons. The number of aryl methyl sites for hydroxylation is 1. The van der Waals surface area contributed by atoms with Crippen LogP contribution in [0, 0.1) is 17.0 Å². The van der Waals surface area contributed by atoms with Gasteiger partial charge in [0.25, 0.3) is 5.69 Å². The number of nitro groups is 1. The Morgan fingerprint density at radius 1 is 1.21 bits per heavy atom. The number of furan rings is 1. The molecule has 0 amide bonds. The molecule has 2 aromatic carbocycles. The van der Waals surface area contributed by atoms with Crippen LogP contribution in [0.3, 0.4) is 0 Å². The summed E-state index contributed by atoms with van der Waals surface area (Å²) in [6.07, 6.45) is 2.29. The molecule has 0 fully saturated rings. The first-order chi connectivity index (χ1) is 18.4. The Kier molecular flexibility index (Phi) is 7.48. The van der Waals surface area contributed by atoms with Gasteiger partial charge in [0, 0.05) is 30.6 Å². The van der Waals surface area contributed by atoms with E-state index >= 15 is 0 Å². The summed E-state index contributed by atoms with van der Waals surface area (Å²) in [6.45, 7) is 6.29. The lowest BCUT2D eigenvalue weighted by Gasteiger charge is -2.27. The summed E-state index contributed by atoms with van der Waals surface area (Å²) >= 11 is 1.49. The van der Waals surface area contributed by atoms with Crippen molar-refractivity contribution in [1.82, 2.24) is 4.90 Å². The minimum atomic E-state index is -0.415. The highest BCUT2D eigenvalue weighted by molar-refractivity contribution is 7.16. The number of rotatable bonds is 8. The summed E-state index contributed by atoms with van der Waals surface area (Å²) < 4.78 is 11.2. The van der Waals surface area contributed by atoms with E-state index in [4.69, 9.17) is 9.15 Å². The van der Waals surface area contributed by atoms with E-state index in [2.05, 4.69) is 22.0 Å². The Balaban J connectivity index is 1.41. The lowest BCUT2D eigenvalue weighted by atomic mass is 10.0. The predicted molar refractivity (Wildman–Crippen MR) is 147 cm³/mol. The van der Waals surface area contributed by atoms with Crippen LogP contribution in [0.15, 0.2) is 70.1 Å². The van der Waals surface area contributed by atoms with E-state index in [-0.39, 0.29) is 18.3 Å². The van der Waals surface area contributed by atoms with E-state index in [9.17, 15) is 14.9 Å². The summed E-state index contributed by atoms with van der Waals surface area (Å²) in [5, 5.41) is 12.1. The van der Waals surface area contributed by atoms with Crippen molar-refractivity contribution in [3.8, 4) is 11.3 Å². The lowest BCUT2D eigenvalue weighted by molar-refractivity contribution is -0.384. The molecule has 8 nitrogen and oxygen atoms in total. The molecule has 0 bridgehead atoms. The molecule has 3 heterocycles. The molecule has 0 aliphatic carbocycles. The fourth-order valence-corrected chi connectivity index (χ4v) is 5.84. The van der Waals surface area contributed by atoms with E-state index < -0.39 is 4.92 Å². The van der Waals surface area contributed by atoms with E-state index in [1.165, 1.54) is 23.0 Å². The number of thiophene rings is 1. The minimum Gasteiger partial charge on any atom is -0.462 e. The average molecular weight is 530 g/mol. The van der Waals surface area contributed by atoms with E-state index in [1.54, 1.807) is 38.3 Å². The van der Waals surface area contributed by atoms with Crippen LogP contribution in [-0.2, 0) is 24.2 Å². The number of benzene rings is 2. The highest BCUT2D eigenvalue weighted by Crippen LogP contribution is 2.40. The van der Waals surface area contributed by atoms with Crippen LogP contribution in [0.25, 0.3) is 11.3 Å². The van der Waals surface area contributed by atoms with Crippen molar-refractivity contribution in [1.29, 1.82) is 0 Å². The summed E-state index contributed by atoms with van der Waals surface area (Å²) in [5.41, 5.74) is 3.95. The minimum absolute atomic E-state index is 0.0153. The molecule has 38 heavy (non-hydrogen) atoms. The van der Waals surface area contributed by atoms with Crippen molar-refractivity contribution in [2.75, 3.05) is 13.2 Å². The number of carbonyl (C=O) groups excluding carboxylic acids is 1. The van der Waals surface area contributed by atoms with Gasteiger partial charge < -0.3 is 9.15 Å². The summed E-state index contributed by atoms with van der Waals surface area (Å²) in [7, 11) is 0. The van der Waals surface area contributed by atoms with Gasteiger partial charge in [-0.05, 0) is 55.2 Å². The number of carbonyl (C=O) groups is 1. The van der Waals surface area contributed by atoms with Gasteiger partial charge in [-0.25, -0.2) is 9.79 Å². The van der Waals surface area contributed by atoms with Gasteiger partial charge in [0.2, 0.25) is 0 Å². The molecule has 5 rings (SSSR count). The maximum Gasteiger partial charge on any atom is 0.341 e. The van der Waals surface area contributed by atoms with Gasteiger partial charge in [0.05, 0.1) is 28.9 Å². The Hall–Kier alpha value is -4.08.